The van der Waals surface area contributed by atoms with E-state index < -0.39 is 0 Å². The van der Waals surface area contributed by atoms with Gasteiger partial charge >= 0.3 is 5.97 Å². The zero-order chi connectivity index (χ0) is 20.6. The Hall–Kier alpha value is -1.16. The molecule has 4 aliphatic carbocycles. The molecule has 0 aromatic rings. The van der Waals surface area contributed by atoms with Gasteiger partial charge in [0.2, 0.25) is 0 Å². The molecule has 0 aromatic carbocycles. The van der Waals surface area contributed by atoms with E-state index in [9.17, 15) is 9.59 Å². The maximum absolute atomic E-state index is 12.1. The summed E-state index contributed by atoms with van der Waals surface area (Å²) in [5.74, 6) is 3.48. The summed E-state index contributed by atoms with van der Waals surface area (Å²) in [6, 6.07) is 0. The first-order chi connectivity index (χ1) is 13.8. The van der Waals surface area contributed by atoms with Gasteiger partial charge in [-0.05, 0) is 90.6 Å². The Balaban J connectivity index is 1.39. The van der Waals surface area contributed by atoms with Crippen molar-refractivity contribution in [3.8, 4) is 0 Å². The Labute approximate surface area is 174 Å². The maximum atomic E-state index is 12.1. The number of carbonyl (C=O) groups excluding carboxylic acids is 2. The summed E-state index contributed by atoms with van der Waals surface area (Å²) in [5, 5.41) is 0. The normalized spacial score (nSPS) is 48.6. The molecular formula is C25H36O4. The minimum absolute atomic E-state index is 0.0825. The van der Waals surface area contributed by atoms with Gasteiger partial charge in [0.1, 0.15) is 6.10 Å². The lowest BCUT2D eigenvalue weighted by Crippen LogP contribution is -2.53. The molecule has 9 atom stereocenters. The Morgan fingerprint density at radius 1 is 1.24 bits per heavy atom. The van der Waals surface area contributed by atoms with Crippen molar-refractivity contribution in [1.82, 2.24) is 0 Å². The average Bonchev–Trinajstić information content (AvgIpc) is 3.41. The molecule has 0 spiro atoms. The van der Waals surface area contributed by atoms with Crippen LogP contribution in [0.1, 0.15) is 72.1 Å². The largest absolute Gasteiger partial charge is 0.469 e. The summed E-state index contributed by atoms with van der Waals surface area (Å²) in [6.07, 6.45) is 10.8. The number of esters is 1. The second-order valence-corrected chi connectivity index (χ2v) is 11.1. The number of ketones is 1. The molecular weight excluding hydrogens is 366 g/mol. The Morgan fingerprint density at radius 2 is 2.03 bits per heavy atom. The van der Waals surface area contributed by atoms with Gasteiger partial charge in [-0.25, -0.2) is 0 Å². The van der Waals surface area contributed by atoms with Crippen LogP contribution in [0, 0.1) is 40.4 Å². The van der Waals surface area contributed by atoms with Gasteiger partial charge in [-0.2, -0.15) is 0 Å². The van der Waals surface area contributed by atoms with E-state index in [0.717, 1.165) is 18.8 Å². The molecule has 5 aliphatic rings. The van der Waals surface area contributed by atoms with Crippen molar-refractivity contribution in [2.24, 2.45) is 40.4 Å². The Bertz CT molecular complexity index is 756. The minimum atomic E-state index is -0.0825. The van der Waals surface area contributed by atoms with Crippen LogP contribution in [0.2, 0.25) is 0 Å². The molecule has 0 radical (unpaired) electrons. The van der Waals surface area contributed by atoms with E-state index in [0.29, 0.717) is 53.8 Å². The SMILES string of the molecule is COC(=O)CC[C@@H](C)[C@H]1CC[C@H]2[C@@H]3[C@@H]4O[C@@H]4C4=[13CH][13C](=O)CC[C@]4(C)[C@H]3CC[C@]12C. The van der Waals surface area contributed by atoms with Crippen LogP contribution < -0.4 is 0 Å². The first-order valence-electron chi connectivity index (χ1n) is 11.8. The van der Waals surface area contributed by atoms with Crippen molar-refractivity contribution >= 4 is 11.8 Å². The molecule has 0 aromatic heterocycles. The molecule has 4 fully saturated rings. The van der Waals surface area contributed by atoms with Gasteiger partial charge in [-0.1, -0.05) is 20.8 Å². The highest BCUT2D eigenvalue weighted by Gasteiger charge is 2.69. The van der Waals surface area contributed by atoms with Crippen LogP contribution in [-0.4, -0.2) is 31.1 Å². The van der Waals surface area contributed by atoms with Crippen molar-refractivity contribution in [2.75, 3.05) is 7.11 Å². The summed E-state index contributed by atoms with van der Waals surface area (Å²) in [5.41, 5.74) is 1.84. The first-order valence-corrected chi connectivity index (χ1v) is 11.8. The quantitative estimate of drug-likeness (QED) is 0.388. The maximum Gasteiger partial charge on any atom is 0.305 e. The van der Waals surface area contributed by atoms with Gasteiger partial charge in [0.15, 0.2) is 5.78 Å². The molecule has 4 nitrogen and oxygen atoms in total. The molecule has 0 amide bonds. The highest BCUT2D eigenvalue weighted by molar-refractivity contribution is 5.92. The van der Waals surface area contributed by atoms with Gasteiger partial charge in [-0.3, -0.25) is 9.59 Å². The number of methoxy groups -OCH3 is 1. The molecule has 0 N–H and O–H groups in total. The van der Waals surface area contributed by atoms with Crippen LogP contribution in [0.3, 0.4) is 0 Å². The molecule has 5 rings (SSSR count). The van der Waals surface area contributed by atoms with E-state index in [-0.39, 0.29) is 17.5 Å². The van der Waals surface area contributed by atoms with Crippen molar-refractivity contribution in [2.45, 2.75) is 84.3 Å². The summed E-state index contributed by atoms with van der Waals surface area (Å²) in [6.45, 7) is 7.31. The molecule has 4 heteroatoms. The third kappa shape index (κ3) is 2.80. The van der Waals surface area contributed by atoms with E-state index in [2.05, 4.69) is 20.8 Å². The number of hydrogen-bond acceptors (Lipinski definition) is 4. The van der Waals surface area contributed by atoms with Gasteiger partial charge < -0.3 is 9.47 Å². The van der Waals surface area contributed by atoms with Crippen molar-refractivity contribution in [3.63, 3.8) is 0 Å². The lowest BCUT2D eigenvalue weighted by molar-refractivity contribution is -0.141. The van der Waals surface area contributed by atoms with Crippen LogP contribution in [0.25, 0.3) is 0 Å². The second kappa shape index (κ2) is 6.67. The summed E-state index contributed by atoms with van der Waals surface area (Å²) in [4.78, 5) is 23.8. The summed E-state index contributed by atoms with van der Waals surface area (Å²) >= 11 is 0. The van der Waals surface area contributed by atoms with E-state index in [1.807, 2.05) is 6.08 Å². The molecule has 1 heterocycles. The summed E-state index contributed by atoms with van der Waals surface area (Å²) in [7, 11) is 1.48. The van der Waals surface area contributed by atoms with Crippen molar-refractivity contribution in [3.05, 3.63) is 11.6 Å². The van der Waals surface area contributed by atoms with Crippen molar-refractivity contribution in [1.29, 1.82) is 0 Å². The fourth-order valence-corrected chi connectivity index (χ4v) is 8.43. The smallest absolute Gasteiger partial charge is 0.305 e. The minimum Gasteiger partial charge on any atom is -0.469 e. The van der Waals surface area contributed by atoms with Gasteiger partial charge in [0, 0.05) is 12.8 Å². The van der Waals surface area contributed by atoms with Gasteiger partial charge in [0.05, 0.1) is 13.2 Å². The number of rotatable bonds is 4. The Kier molecular flexibility index (Phi) is 4.55. The molecule has 0 unspecified atom stereocenters. The van der Waals surface area contributed by atoms with E-state index >= 15 is 0 Å². The highest BCUT2D eigenvalue weighted by atomic mass is 16.6. The van der Waals surface area contributed by atoms with E-state index in [1.54, 1.807) is 0 Å². The third-order valence-electron chi connectivity index (χ3n) is 10.0. The first kappa shape index (κ1) is 19.8. The molecule has 29 heavy (non-hydrogen) atoms. The van der Waals surface area contributed by atoms with Gasteiger partial charge in [0.25, 0.3) is 0 Å². The predicted molar refractivity (Wildman–Crippen MR) is 110 cm³/mol. The second-order valence-electron chi connectivity index (χ2n) is 11.1. The topological polar surface area (TPSA) is 55.9 Å². The fraction of sp³-hybridized carbons (Fsp3) is 0.840. The number of hydrogen-bond donors (Lipinski definition) is 0. The molecule has 3 saturated carbocycles. The van der Waals surface area contributed by atoms with Crippen LogP contribution in [0.4, 0.5) is 0 Å². The molecule has 0 bridgehead atoms. The average molecular weight is 403 g/mol. The monoisotopic (exact) mass is 402 g/mol. The standard InChI is InChI=1S/C25H36O4/c1-14(5-8-20(27)28-4)16-6-7-17-21-18(10-12-24(16,17)2)25(3)11-9-15(26)13-19(25)22-23(21)29-22/h13-14,16-18,21-23H,5-12H2,1-4H3/t14-,16-,17+,18+,21+,22-,23+,24-,25-/m1/s1/i13+1,15+1. The Morgan fingerprint density at radius 3 is 2.79 bits per heavy atom. The third-order valence-corrected chi connectivity index (χ3v) is 10.0. The van der Waals surface area contributed by atoms with Crippen molar-refractivity contribution < 1.29 is 19.1 Å². The predicted octanol–water partition coefficient (Wildman–Crippen LogP) is 4.71. The number of fused-ring (bicyclic) bond motifs is 8. The number of ether oxygens (including phenoxy) is 2. The zero-order valence-corrected chi connectivity index (χ0v) is 18.4. The molecule has 1 saturated heterocycles. The lowest BCUT2D eigenvalue weighted by Gasteiger charge is -2.57. The fourth-order valence-electron chi connectivity index (χ4n) is 8.43. The van der Waals surface area contributed by atoms with E-state index in [4.69, 9.17) is 9.47 Å². The van der Waals surface area contributed by atoms with Crippen LogP contribution in [0.5, 0.6) is 0 Å². The van der Waals surface area contributed by atoms with Crippen LogP contribution in [-0.2, 0) is 19.1 Å². The van der Waals surface area contributed by atoms with Gasteiger partial charge in [-0.15, -0.1) is 0 Å². The molecule has 1 aliphatic heterocycles. The van der Waals surface area contributed by atoms with Crippen LogP contribution >= 0.6 is 0 Å². The number of epoxide rings is 1. The highest BCUT2D eigenvalue weighted by Crippen LogP contribution is 2.70. The van der Waals surface area contributed by atoms with Crippen LogP contribution in [0.15, 0.2) is 11.6 Å². The summed E-state index contributed by atoms with van der Waals surface area (Å²) < 4.78 is 11.2. The zero-order valence-electron chi connectivity index (χ0n) is 18.4. The number of carbonyl (C=O) groups is 2. The lowest BCUT2D eigenvalue weighted by atomic mass is 9.47. The molecule has 160 valence electrons. The van der Waals surface area contributed by atoms with E-state index in [1.165, 1.54) is 38.4 Å².